The fraction of sp³-hybridized carbons (Fsp3) is 0.158. The summed E-state index contributed by atoms with van der Waals surface area (Å²) < 4.78 is 93.4. The van der Waals surface area contributed by atoms with Crippen LogP contribution < -0.4 is 5.32 Å². The second kappa shape index (κ2) is 7.47. The van der Waals surface area contributed by atoms with Gasteiger partial charge in [0.2, 0.25) is 0 Å². The van der Waals surface area contributed by atoms with E-state index >= 15 is 0 Å². The van der Waals surface area contributed by atoms with Crippen molar-refractivity contribution < 1.29 is 35.5 Å². The van der Waals surface area contributed by atoms with Crippen LogP contribution in [0.15, 0.2) is 48.7 Å². The Balaban J connectivity index is 2.00. The molecule has 4 nitrogen and oxygen atoms in total. The number of aryl methyl sites for hydroxylation is 1. The van der Waals surface area contributed by atoms with E-state index in [0.717, 1.165) is 36.4 Å². The average Bonchev–Trinajstić information content (AvgIpc) is 3.08. The Morgan fingerprint density at radius 3 is 2.17 bits per heavy atom. The number of hydrogen-bond donors (Lipinski definition) is 1. The molecule has 0 saturated heterocycles. The van der Waals surface area contributed by atoms with Crippen LogP contribution in [0.5, 0.6) is 0 Å². The first kappa shape index (κ1) is 21.3. The largest absolute Gasteiger partial charge is 0.434 e. The van der Waals surface area contributed by atoms with E-state index in [1.807, 2.05) is 5.32 Å². The molecule has 0 unspecified atom stereocenters. The fourth-order valence-electron chi connectivity index (χ4n) is 2.77. The van der Waals surface area contributed by atoms with Crippen LogP contribution in [-0.2, 0) is 12.4 Å². The Morgan fingerprint density at radius 1 is 0.967 bits per heavy atom. The highest BCUT2D eigenvalue weighted by Gasteiger charge is 2.40. The van der Waals surface area contributed by atoms with Crippen LogP contribution in [0.3, 0.4) is 0 Å². The van der Waals surface area contributed by atoms with Crippen molar-refractivity contribution in [3.05, 3.63) is 76.9 Å². The van der Waals surface area contributed by atoms with Crippen molar-refractivity contribution in [2.45, 2.75) is 19.3 Å². The van der Waals surface area contributed by atoms with Crippen LogP contribution in [-0.4, -0.2) is 15.7 Å². The molecule has 3 rings (SSSR count). The highest BCUT2D eigenvalue weighted by Crippen LogP contribution is 2.35. The molecule has 1 amide bonds. The van der Waals surface area contributed by atoms with E-state index in [1.165, 1.54) is 6.92 Å². The number of carbonyl (C=O) groups excluding carboxylic acids is 1. The topological polar surface area (TPSA) is 46.9 Å². The number of benzene rings is 2. The summed E-state index contributed by atoms with van der Waals surface area (Å²) in [6.07, 6.45) is -9.09. The zero-order valence-electron chi connectivity index (χ0n) is 15.1. The maximum atomic E-state index is 13.6. The van der Waals surface area contributed by atoms with Gasteiger partial charge in [-0.25, -0.2) is 9.07 Å². The van der Waals surface area contributed by atoms with Gasteiger partial charge in [-0.2, -0.15) is 31.4 Å². The molecule has 2 aromatic carbocycles. The van der Waals surface area contributed by atoms with Gasteiger partial charge < -0.3 is 5.32 Å². The van der Waals surface area contributed by atoms with E-state index in [9.17, 15) is 35.5 Å². The van der Waals surface area contributed by atoms with Crippen LogP contribution in [0.1, 0.15) is 27.2 Å². The van der Waals surface area contributed by atoms with Crippen molar-refractivity contribution in [1.29, 1.82) is 0 Å². The molecule has 0 aliphatic heterocycles. The highest BCUT2D eigenvalue weighted by molar-refractivity contribution is 6.05. The predicted molar refractivity (Wildman–Crippen MR) is 92.7 cm³/mol. The Hall–Kier alpha value is -3.37. The minimum absolute atomic E-state index is 0.111. The SMILES string of the molecule is Cc1ccc(NC(=O)c2cnn(-c3ccc(F)cc3)c2C(F)(F)F)cc1C(F)(F)F. The number of alkyl halides is 6. The van der Waals surface area contributed by atoms with Gasteiger partial charge in [0.05, 0.1) is 23.0 Å². The molecule has 1 heterocycles. The van der Waals surface area contributed by atoms with Gasteiger partial charge in [0.15, 0.2) is 5.69 Å². The van der Waals surface area contributed by atoms with Crippen molar-refractivity contribution in [1.82, 2.24) is 9.78 Å². The molecule has 30 heavy (non-hydrogen) atoms. The summed E-state index contributed by atoms with van der Waals surface area (Å²) in [5.41, 5.74) is -3.98. The minimum atomic E-state index is -5.03. The van der Waals surface area contributed by atoms with E-state index in [1.54, 1.807) is 0 Å². The number of hydrogen-bond acceptors (Lipinski definition) is 2. The Morgan fingerprint density at radius 2 is 1.60 bits per heavy atom. The maximum absolute atomic E-state index is 13.6. The summed E-state index contributed by atoms with van der Waals surface area (Å²) in [4.78, 5) is 12.4. The molecule has 1 aromatic heterocycles. The van der Waals surface area contributed by atoms with Crippen molar-refractivity contribution in [2.24, 2.45) is 0 Å². The lowest BCUT2D eigenvalue weighted by molar-refractivity contribution is -0.143. The van der Waals surface area contributed by atoms with Gasteiger partial charge in [0.25, 0.3) is 5.91 Å². The molecule has 0 saturated carbocycles. The van der Waals surface area contributed by atoms with Gasteiger partial charge in [-0.1, -0.05) is 6.07 Å². The summed E-state index contributed by atoms with van der Waals surface area (Å²) in [6, 6.07) is 6.77. The average molecular weight is 431 g/mol. The van der Waals surface area contributed by atoms with E-state index in [-0.39, 0.29) is 16.9 Å². The number of anilines is 1. The zero-order chi connectivity index (χ0) is 22.3. The van der Waals surface area contributed by atoms with Crippen LogP contribution in [0.2, 0.25) is 0 Å². The number of halogens is 7. The molecule has 0 radical (unpaired) electrons. The van der Waals surface area contributed by atoms with Gasteiger partial charge in [0.1, 0.15) is 5.82 Å². The smallest absolute Gasteiger partial charge is 0.322 e. The quantitative estimate of drug-likeness (QED) is 0.548. The van der Waals surface area contributed by atoms with Crippen LogP contribution in [0, 0.1) is 12.7 Å². The third-order valence-corrected chi connectivity index (χ3v) is 4.15. The van der Waals surface area contributed by atoms with Gasteiger partial charge in [-0.15, -0.1) is 0 Å². The normalized spacial score (nSPS) is 12.1. The lowest BCUT2D eigenvalue weighted by atomic mass is 10.1. The highest BCUT2D eigenvalue weighted by atomic mass is 19.4. The molecule has 3 aromatic rings. The van der Waals surface area contributed by atoms with Gasteiger partial charge >= 0.3 is 12.4 Å². The van der Waals surface area contributed by atoms with Gasteiger partial charge in [-0.05, 0) is 48.9 Å². The van der Waals surface area contributed by atoms with Crippen LogP contribution in [0.4, 0.5) is 36.4 Å². The summed E-state index contributed by atoms with van der Waals surface area (Å²) in [7, 11) is 0. The predicted octanol–water partition coefficient (Wildman–Crippen LogP) is 5.61. The monoisotopic (exact) mass is 431 g/mol. The molecule has 0 fully saturated rings. The summed E-state index contributed by atoms with van der Waals surface area (Å²) >= 11 is 0. The maximum Gasteiger partial charge on any atom is 0.434 e. The second-order valence-electron chi connectivity index (χ2n) is 6.27. The number of amides is 1. The van der Waals surface area contributed by atoms with E-state index in [0.29, 0.717) is 16.9 Å². The van der Waals surface area contributed by atoms with Crippen molar-refractivity contribution in [3.63, 3.8) is 0 Å². The van der Waals surface area contributed by atoms with Crippen molar-refractivity contribution >= 4 is 11.6 Å². The van der Waals surface area contributed by atoms with Gasteiger partial charge in [0, 0.05) is 5.69 Å². The molecule has 0 aliphatic carbocycles. The van der Waals surface area contributed by atoms with Crippen molar-refractivity contribution in [2.75, 3.05) is 5.32 Å². The molecule has 0 atom stereocenters. The summed E-state index contributed by atoms with van der Waals surface area (Å²) in [5.74, 6) is -1.98. The van der Waals surface area contributed by atoms with Crippen LogP contribution in [0.25, 0.3) is 5.69 Å². The van der Waals surface area contributed by atoms with E-state index in [2.05, 4.69) is 5.10 Å². The number of aromatic nitrogens is 2. The molecule has 0 aliphatic rings. The molecule has 0 spiro atoms. The Kier molecular flexibility index (Phi) is 5.31. The molecular weight excluding hydrogens is 419 g/mol. The van der Waals surface area contributed by atoms with Crippen molar-refractivity contribution in [3.8, 4) is 5.69 Å². The lowest BCUT2D eigenvalue weighted by Gasteiger charge is -2.14. The lowest BCUT2D eigenvalue weighted by Crippen LogP contribution is -2.21. The Bertz CT molecular complexity index is 1080. The zero-order valence-corrected chi connectivity index (χ0v) is 15.1. The summed E-state index contributed by atoms with van der Waals surface area (Å²) in [6.45, 7) is 1.21. The minimum Gasteiger partial charge on any atom is -0.322 e. The Labute approximate surface area is 164 Å². The molecular formula is C19H12F7N3O. The number of nitrogens with zero attached hydrogens (tertiary/aromatic N) is 2. The second-order valence-corrected chi connectivity index (χ2v) is 6.27. The number of carbonyl (C=O) groups is 1. The standard InChI is InChI=1S/C19H12F7N3O/c1-10-2-5-12(8-15(10)18(21,22)23)28-17(30)14-9-27-29(16(14)19(24,25)26)13-6-3-11(20)4-7-13/h2-9H,1H3,(H,28,30). The van der Waals surface area contributed by atoms with E-state index in [4.69, 9.17) is 0 Å². The third kappa shape index (κ3) is 4.29. The summed E-state index contributed by atoms with van der Waals surface area (Å²) in [5, 5.41) is 5.58. The number of nitrogens with one attached hydrogen (secondary N) is 1. The first-order chi connectivity index (χ1) is 13.9. The van der Waals surface area contributed by atoms with E-state index < -0.39 is 40.9 Å². The van der Waals surface area contributed by atoms with Crippen LogP contribution >= 0.6 is 0 Å². The molecule has 1 N–H and O–H groups in total. The molecule has 11 heteroatoms. The van der Waals surface area contributed by atoms with Gasteiger partial charge in [-0.3, -0.25) is 4.79 Å². The molecule has 158 valence electrons. The number of rotatable bonds is 3. The fourth-order valence-corrected chi connectivity index (χ4v) is 2.77. The third-order valence-electron chi connectivity index (χ3n) is 4.15. The first-order valence-electron chi connectivity index (χ1n) is 8.28. The molecule has 0 bridgehead atoms. The first-order valence-corrected chi connectivity index (χ1v) is 8.28.